The van der Waals surface area contributed by atoms with Crippen LogP contribution >= 0.6 is 0 Å². The van der Waals surface area contributed by atoms with Crippen LogP contribution in [0.3, 0.4) is 0 Å². The Morgan fingerprint density at radius 3 is 2.29 bits per heavy atom. The van der Waals surface area contributed by atoms with E-state index >= 15 is 0 Å². The van der Waals surface area contributed by atoms with Gasteiger partial charge in [0.15, 0.2) is 0 Å². The topological polar surface area (TPSA) is 23.6 Å². The van der Waals surface area contributed by atoms with Crippen LogP contribution in [0.5, 0.6) is 0 Å². The summed E-state index contributed by atoms with van der Waals surface area (Å²) in [6, 6.07) is 0.333. The number of carbonyl (C=O) groups excluding carboxylic acids is 1. The molecule has 3 nitrogen and oxygen atoms in total. The molecule has 3 atom stereocenters. The average molecular weight is 238 g/mol. The molecular formula is C14H26N2O. The van der Waals surface area contributed by atoms with Gasteiger partial charge < -0.3 is 9.80 Å². The number of amides is 1. The van der Waals surface area contributed by atoms with Crippen LogP contribution in [0.1, 0.15) is 33.1 Å². The number of carbonyl (C=O) groups is 1. The molecule has 0 aromatic carbocycles. The quantitative estimate of drug-likeness (QED) is 0.729. The average Bonchev–Trinajstić information content (AvgIpc) is 2.85. The lowest BCUT2D eigenvalue weighted by molar-refractivity contribution is -0.137. The second-order valence-corrected chi connectivity index (χ2v) is 6.16. The fraction of sp³-hybridized carbons (Fsp3) is 0.929. The molecule has 2 fully saturated rings. The van der Waals surface area contributed by atoms with Crippen LogP contribution in [0, 0.1) is 17.8 Å². The van der Waals surface area contributed by atoms with E-state index in [2.05, 4.69) is 37.7 Å². The monoisotopic (exact) mass is 238 g/mol. The molecule has 2 aliphatic rings. The molecule has 0 radical (unpaired) electrons. The van der Waals surface area contributed by atoms with Crippen molar-refractivity contribution in [3.05, 3.63) is 0 Å². The van der Waals surface area contributed by atoms with Crippen LogP contribution < -0.4 is 0 Å². The lowest BCUT2D eigenvalue weighted by Gasteiger charge is -2.32. The molecule has 0 aliphatic heterocycles. The molecule has 98 valence electrons. The van der Waals surface area contributed by atoms with Crippen LogP contribution in [-0.2, 0) is 4.79 Å². The van der Waals surface area contributed by atoms with Crippen molar-refractivity contribution in [2.75, 3.05) is 27.2 Å². The van der Waals surface area contributed by atoms with E-state index in [0.29, 0.717) is 17.9 Å². The van der Waals surface area contributed by atoms with Crippen molar-refractivity contribution in [1.29, 1.82) is 0 Å². The Kier molecular flexibility index (Phi) is 3.76. The fourth-order valence-corrected chi connectivity index (χ4v) is 3.46. The number of rotatable bonds is 5. The fourth-order valence-electron chi connectivity index (χ4n) is 3.46. The summed E-state index contributed by atoms with van der Waals surface area (Å²) in [4.78, 5) is 16.7. The van der Waals surface area contributed by atoms with Gasteiger partial charge in [0.1, 0.15) is 0 Å². The SMILES string of the molecule is CCN(C(=O)C1CC2CC2C1)C(C)CN(C)C. The van der Waals surface area contributed by atoms with E-state index in [1.807, 2.05) is 0 Å². The minimum absolute atomic E-state index is 0.333. The van der Waals surface area contributed by atoms with E-state index in [0.717, 1.165) is 37.8 Å². The van der Waals surface area contributed by atoms with E-state index in [1.165, 1.54) is 6.42 Å². The molecule has 17 heavy (non-hydrogen) atoms. The van der Waals surface area contributed by atoms with Gasteiger partial charge in [-0.1, -0.05) is 0 Å². The second kappa shape index (κ2) is 4.97. The first kappa shape index (κ1) is 12.9. The zero-order chi connectivity index (χ0) is 12.6. The molecule has 3 heteroatoms. The van der Waals surface area contributed by atoms with Gasteiger partial charge in [0.05, 0.1) is 0 Å². The molecule has 0 aromatic rings. The third-order valence-corrected chi connectivity index (χ3v) is 4.38. The molecule has 2 rings (SSSR count). The van der Waals surface area contributed by atoms with Gasteiger partial charge in [0.25, 0.3) is 0 Å². The van der Waals surface area contributed by atoms with Gasteiger partial charge in [-0.15, -0.1) is 0 Å². The number of hydrogen-bond acceptors (Lipinski definition) is 2. The van der Waals surface area contributed by atoms with Crippen LogP contribution in [0.2, 0.25) is 0 Å². The maximum Gasteiger partial charge on any atom is 0.225 e. The van der Waals surface area contributed by atoms with E-state index < -0.39 is 0 Å². The van der Waals surface area contributed by atoms with E-state index in [9.17, 15) is 4.79 Å². The van der Waals surface area contributed by atoms with Crippen LogP contribution in [0.15, 0.2) is 0 Å². The predicted molar refractivity (Wildman–Crippen MR) is 69.7 cm³/mol. The smallest absolute Gasteiger partial charge is 0.225 e. The zero-order valence-electron chi connectivity index (χ0n) is 11.6. The summed E-state index contributed by atoms with van der Waals surface area (Å²) in [7, 11) is 4.14. The molecule has 0 aromatic heterocycles. The van der Waals surface area contributed by atoms with Gasteiger partial charge in [-0.25, -0.2) is 0 Å². The van der Waals surface area contributed by atoms with E-state index in [1.54, 1.807) is 0 Å². The highest BCUT2D eigenvalue weighted by Gasteiger charge is 2.48. The summed E-state index contributed by atoms with van der Waals surface area (Å²) in [6.45, 7) is 6.07. The number of likely N-dealkylation sites (N-methyl/N-ethyl adjacent to an activating group) is 2. The highest BCUT2D eigenvalue weighted by Crippen LogP contribution is 2.54. The second-order valence-electron chi connectivity index (χ2n) is 6.16. The Bertz CT molecular complexity index is 280. The van der Waals surface area contributed by atoms with Crippen molar-refractivity contribution in [1.82, 2.24) is 9.80 Å². The van der Waals surface area contributed by atoms with Crippen molar-refractivity contribution in [3.63, 3.8) is 0 Å². The van der Waals surface area contributed by atoms with Crippen molar-refractivity contribution >= 4 is 5.91 Å². The summed E-state index contributed by atoms with van der Waals surface area (Å²) in [5.41, 5.74) is 0. The maximum absolute atomic E-state index is 12.5. The normalized spacial score (nSPS) is 32.4. The van der Waals surface area contributed by atoms with Crippen molar-refractivity contribution < 1.29 is 4.79 Å². The Morgan fingerprint density at radius 1 is 1.24 bits per heavy atom. The molecule has 0 N–H and O–H groups in total. The van der Waals surface area contributed by atoms with Gasteiger partial charge >= 0.3 is 0 Å². The summed E-state index contributed by atoms with van der Waals surface area (Å²) in [5, 5.41) is 0. The van der Waals surface area contributed by atoms with Crippen molar-refractivity contribution in [2.24, 2.45) is 17.8 Å². The predicted octanol–water partition coefficient (Wildman–Crippen LogP) is 1.83. The first-order valence-electron chi connectivity index (χ1n) is 6.98. The molecule has 0 spiro atoms. The standard InChI is InChI=1S/C14H26N2O/c1-5-16(10(2)9-15(3)4)14(17)13-7-11-6-12(11)8-13/h10-13H,5-9H2,1-4H3. The molecule has 0 heterocycles. The first-order chi connectivity index (χ1) is 8.02. The number of fused-ring (bicyclic) bond motifs is 1. The first-order valence-corrected chi connectivity index (χ1v) is 6.98. The zero-order valence-corrected chi connectivity index (χ0v) is 11.6. The van der Waals surface area contributed by atoms with Gasteiger partial charge in [-0.05, 0) is 59.0 Å². The molecule has 3 unspecified atom stereocenters. The number of hydrogen-bond donors (Lipinski definition) is 0. The van der Waals surface area contributed by atoms with Gasteiger partial charge in [-0.3, -0.25) is 4.79 Å². The molecular weight excluding hydrogens is 212 g/mol. The third kappa shape index (κ3) is 2.82. The largest absolute Gasteiger partial charge is 0.339 e. The Morgan fingerprint density at radius 2 is 1.82 bits per heavy atom. The minimum atomic E-state index is 0.333. The Labute approximate surface area is 105 Å². The van der Waals surface area contributed by atoms with E-state index in [4.69, 9.17) is 0 Å². The lowest BCUT2D eigenvalue weighted by Crippen LogP contribution is -2.46. The summed E-state index contributed by atoms with van der Waals surface area (Å²) < 4.78 is 0. The molecule has 0 saturated heterocycles. The third-order valence-electron chi connectivity index (χ3n) is 4.38. The highest BCUT2D eigenvalue weighted by atomic mass is 16.2. The molecule has 2 aliphatic carbocycles. The molecule has 2 saturated carbocycles. The Hall–Kier alpha value is -0.570. The maximum atomic E-state index is 12.5. The minimum Gasteiger partial charge on any atom is -0.339 e. The van der Waals surface area contributed by atoms with Gasteiger partial charge in [0, 0.05) is 25.0 Å². The summed E-state index contributed by atoms with van der Waals surface area (Å²) >= 11 is 0. The molecule has 0 bridgehead atoms. The summed E-state index contributed by atoms with van der Waals surface area (Å²) in [6.07, 6.45) is 3.71. The van der Waals surface area contributed by atoms with Crippen molar-refractivity contribution in [2.45, 2.75) is 39.2 Å². The van der Waals surface area contributed by atoms with Crippen LogP contribution in [0.25, 0.3) is 0 Å². The van der Waals surface area contributed by atoms with Crippen LogP contribution in [-0.4, -0.2) is 48.9 Å². The summed E-state index contributed by atoms with van der Waals surface area (Å²) in [5.74, 6) is 2.54. The highest BCUT2D eigenvalue weighted by molar-refractivity contribution is 5.79. The van der Waals surface area contributed by atoms with Crippen molar-refractivity contribution in [3.8, 4) is 0 Å². The van der Waals surface area contributed by atoms with Gasteiger partial charge in [0.2, 0.25) is 5.91 Å². The van der Waals surface area contributed by atoms with E-state index in [-0.39, 0.29) is 0 Å². The van der Waals surface area contributed by atoms with Crippen LogP contribution in [0.4, 0.5) is 0 Å². The Balaban J connectivity index is 1.90. The number of nitrogens with zero attached hydrogens (tertiary/aromatic N) is 2. The lowest BCUT2D eigenvalue weighted by atomic mass is 10.0. The molecule has 1 amide bonds. The van der Waals surface area contributed by atoms with Gasteiger partial charge in [-0.2, -0.15) is 0 Å².